The fraction of sp³-hybridized carbons (Fsp3) is 0.211. The number of ether oxygens (including phenoxy) is 2. The van der Waals surface area contributed by atoms with Gasteiger partial charge < -0.3 is 14.8 Å². The second kappa shape index (κ2) is 8.03. The molecule has 120 valence electrons. The highest BCUT2D eigenvalue weighted by Gasteiger charge is 2.05. The van der Waals surface area contributed by atoms with Crippen LogP contribution in [0, 0.1) is 0 Å². The Hall–Kier alpha value is -2.75. The van der Waals surface area contributed by atoms with E-state index in [4.69, 9.17) is 9.47 Å². The molecule has 0 aliphatic carbocycles. The van der Waals surface area contributed by atoms with Crippen LogP contribution in [0.2, 0.25) is 0 Å². The molecule has 23 heavy (non-hydrogen) atoms. The van der Waals surface area contributed by atoms with Gasteiger partial charge in [0, 0.05) is 29.1 Å². The van der Waals surface area contributed by atoms with Crippen LogP contribution in [0.15, 0.2) is 60.3 Å². The number of ketones is 1. The van der Waals surface area contributed by atoms with Crippen LogP contribution in [-0.2, 0) is 0 Å². The van der Waals surface area contributed by atoms with Crippen LogP contribution in [0.1, 0.15) is 24.2 Å². The highest BCUT2D eigenvalue weighted by Crippen LogP contribution is 2.19. The molecule has 0 aliphatic heterocycles. The maximum atomic E-state index is 12.3. The van der Waals surface area contributed by atoms with Crippen LogP contribution in [0.25, 0.3) is 0 Å². The van der Waals surface area contributed by atoms with Crippen molar-refractivity contribution in [3.8, 4) is 11.5 Å². The van der Waals surface area contributed by atoms with Crippen molar-refractivity contribution in [2.24, 2.45) is 0 Å². The zero-order valence-corrected chi connectivity index (χ0v) is 13.6. The summed E-state index contributed by atoms with van der Waals surface area (Å²) in [6, 6.07) is 14.7. The van der Waals surface area contributed by atoms with E-state index in [9.17, 15) is 4.79 Å². The minimum Gasteiger partial charge on any atom is -0.497 e. The van der Waals surface area contributed by atoms with E-state index in [0.29, 0.717) is 17.9 Å². The first kappa shape index (κ1) is 16.6. The number of rotatable bonds is 7. The molecule has 0 saturated carbocycles. The van der Waals surface area contributed by atoms with Crippen molar-refractivity contribution in [2.45, 2.75) is 13.8 Å². The van der Waals surface area contributed by atoms with Gasteiger partial charge in [-0.3, -0.25) is 4.79 Å². The summed E-state index contributed by atoms with van der Waals surface area (Å²) < 4.78 is 10.6. The summed E-state index contributed by atoms with van der Waals surface area (Å²) in [5, 5.41) is 3.20. The quantitative estimate of drug-likeness (QED) is 0.612. The van der Waals surface area contributed by atoms with E-state index < -0.39 is 0 Å². The smallest absolute Gasteiger partial charge is 0.187 e. The van der Waals surface area contributed by atoms with E-state index in [0.717, 1.165) is 17.1 Å². The molecule has 0 atom stereocenters. The average molecular weight is 311 g/mol. The fourth-order valence-corrected chi connectivity index (χ4v) is 2.15. The molecule has 0 aliphatic rings. The Bertz CT molecular complexity index is 707. The van der Waals surface area contributed by atoms with E-state index in [1.807, 2.05) is 44.2 Å². The molecule has 4 nitrogen and oxygen atoms in total. The topological polar surface area (TPSA) is 47.6 Å². The minimum atomic E-state index is -0.0742. The van der Waals surface area contributed by atoms with Crippen LogP contribution in [0.5, 0.6) is 11.5 Å². The number of carbonyl (C=O) groups is 1. The highest BCUT2D eigenvalue weighted by molar-refractivity contribution is 6.05. The van der Waals surface area contributed by atoms with Crippen molar-refractivity contribution in [3.63, 3.8) is 0 Å². The number of carbonyl (C=O) groups excluding carboxylic acids is 1. The number of hydrogen-bond donors (Lipinski definition) is 1. The molecule has 0 heterocycles. The Labute approximate surface area is 136 Å². The predicted molar refractivity (Wildman–Crippen MR) is 92.3 cm³/mol. The van der Waals surface area contributed by atoms with Crippen molar-refractivity contribution in [3.05, 3.63) is 65.9 Å². The maximum absolute atomic E-state index is 12.3. The lowest BCUT2D eigenvalue weighted by atomic mass is 10.1. The molecular weight excluding hydrogens is 290 g/mol. The highest BCUT2D eigenvalue weighted by atomic mass is 16.5. The number of hydrogen-bond acceptors (Lipinski definition) is 4. The summed E-state index contributed by atoms with van der Waals surface area (Å²) >= 11 is 0. The number of methoxy groups -OCH3 is 1. The molecular formula is C19H21NO3. The summed E-state index contributed by atoms with van der Waals surface area (Å²) in [7, 11) is 1.58. The van der Waals surface area contributed by atoms with Crippen LogP contribution in [0.4, 0.5) is 5.69 Å². The molecule has 0 aromatic heterocycles. The van der Waals surface area contributed by atoms with Crippen molar-refractivity contribution in [2.75, 3.05) is 19.0 Å². The standard InChI is InChI=1S/C19H21NO3/c1-4-23-18-10-6-8-16(13-18)20-14(2)11-19(21)15-7-5-9-17(12-15)22-3/h5-13,20H,4H2,1-3H3/b14-11+. The number of benzene rings is 2. The molecule has 2 rings (SSSR count). The van der Waals surface area contributed by atoms with Gasteiger partial charge in [-0.2, -0.15) is 0 Å². The summed E-state index contributed by atoms with van der Waals surface area (Å²) in [5.74, 6) is 1.39. The van der Waals surface area contributed by atoms with Gasteiger partial charge in [-0.25, -0.2) is 0 Å². The lowest BCUT2D eigenvalue weighted by molar-refractivity contribution is 0.104. The first-order chi connectivity index (χ1) is 11.1. The lowest BCUT2D eigenvalue weighted by Crippen LogP contribution is -2.02. The van der Waals surface area contributed by atoms with Crippen molar-refractivity contribution >= 4 is 11.5 Å². The summed E-state index contributed by atoms with van der Waals surface area (Å²) in [6.45, 7) is 4.41. The Kier molecular flexibility index (Phi) is 5.80. The molecule has 1 N–H and O–H groups in total. The van der Waals surface area contributed by atoms with Gasteiger partial charge in [-0.15, -0.1) is 0 Å². The van der Waals surface area contributed by atoms with Gasteiger partial charge in [0.05, 0.1) is 13.7 Å². The molecule has 0 spiro atoms. The zero-order chi connectivity index (χ0) is 16.7. The normalized spacial score (nSPS) is 11.0. The van der Waals surface area contributed by atoms with E-state index in [-0.39, 0.29) is 5.78 Å². The molecule has 2 aromatic rings. The van der Waals surface area contributed by atoms with Gasteiger partial charge in [0.2, 0.25) is 0 Å². The molecule has 4 heteroatoms. The van der Waals surface area contributed by atoms with Crippen molar-refractivity contribution < 1.29 is 14.3 Å². The SMILES string of the molecule is CCOc1cccc(N/C(C)=C/C(=O)c2cccc(OC)c2)c1. The number of anilines is 1. The average Bonchev–Trinajstić information content (AvgIpc) is 2.55. The molecule has 0 unspecified atom stereocenters. The largest absolute Gasteiger partial charge is 0.497 e. The van der Waals surface area contributed by atoms with Gasteiger partial charge in [0.1, 0.15) is 11.5 Å². The predicted octanol–water partition coefficient (Wildman–Crippen LogP) is 4.29. The van der Waals surface area contributed by atoms with E-state index >= 15 is 0 Å². The molecule has 0 fully saturated rings. The van der Waals surface area contributed by atoms with Gasteiger partial charge in [0.25, 0.3) is 0 Å². The van der Waals surface area contributed by atoms with Crippen LogP contribution < -0.4 is 14.8 Å². The van der Waals surface area contributed by atoms with E-state index in [1.165, 1.54) is 0 Å². The Morgan fingerprint density at radius 3 is 2.61 bits per heavy atom. The van der Waals surface area contributed by atoms with Crippen LogP contribution in [0.3, 0.4) is 0 Å². The molecule has 0 amide bonds. The molecule has 0 saturated heterocycles. The van der Waals surface area contributed by atoms with Crippen LogP contribution >= 0.6 is 0 Å². The summed E-state index contributed by atoms with van der Waals surface area (Å²) in [5.41, 5.74) is 2.23. The molecule has 0 bridgehead atoms. The van der Waals surface area contributed by atoms with E-state index in [2.05, 4.69) is 5.32 Å². The Balaban J connectivity index is 2.09. The molecule has 2 aromatic carbocycles. The Morgan fingerprint density at radius 1 is 1.13 bits per heavy atom. The van der Waals surface area contributed by atoms with Gasteiger partial charge in [0.15, 0.2) is 5.78 Å². The van der Waals surface area contributed by atoms with Crippen molar-refractivity contribution in [1.82, 2.24) is 0 Å². The summed E-state index contributed by atoms with van der Waals surface area (Å²) in [4.78, 5) is 12.3. The third-order valence-corrected chi connectivity index (χ3v) is 3.19. The monoisotopic (exact) mass is 311 g/mol. The van der Waals surface area contributed by atoms with Gasteiger partial charge in [-0.05, 0) is 38.1 Å². The second-order valence-corrected chi connectivity index (χ2v) is 5.01. The first-order valence-corrected chi connectivity index (χ1v) is 7.49. The lowest BCUT2D eigenvalue weighted by Gasteiger charge is -2.09. The zero-order valence-electron chi connectivity index (χ0n) is 13.6. The van der Waals surface area contributed by atoms with E-state index in [1.54, 1.807) is 31.4 Å². The summed E-state index contributed by atoms with van der Waals surface area (Å²) in [6.07, 6.45) is 1.57. The van der Waals surface area contributed by atoms with Crippen LogP contribution in [-0.4, -0.2) is 19.5 Å². The maximum Gasteiger partial charge on any atom is 0.187 e. The minimum absolute atomic E-state index is 0.0742. The first-order valence-electron chi connectivity index (χ1n) is 7.49. The molecule has 0 radical (unpaired) electrons. The van der Waals surface area contributed by atoms with Gasteiger partial charge in [-0.1, -0.05) is 18.2 Å². The Morgan fingerprint density at radius 2 is 1.87 bits per heavy atom. The fourth-order valence-electron chi connectivity index (χ4n) is 2.15. The number of allylic oxidation sites excluding steroid dienone is 2. The third kappa shape index (κ3) is 4.88. The van der Waals surface area contributed by atoms with Crippen molar-refractivity contribution in [1.29, 1.82) is 0 Å². The van der Waals surface area contributed by atoms with Gasteiger partial charge >= 0.3 is 0 Å². The third-order valence-electron chi connectivity index (χ3n) is 3.19. The second-order valence-electron chi connectivity index (χ2n) is 5.01. The number of nitrogens with one attached hydrogen (secondary N) is 1.